The van der Waals surface area contributed by atoms with Crippen LogP contribution in [0.15, 0.2) is 48.5 Å². The third-order valence-electron chi connectivity index (χ3n) is 5.57. The predicted molar refractivity (Wildman–Crippen MR) is 115 cm³/mol. The molecule has 4 N–H and O–H groups in total. The molecule has 1 aliphatic rings. The molecule has 0 unspecified atom stereocenters. The Hall–Kier alpha value is -2.21. The fraction of sp³-hybridized carbons (Fsp3) is 0.500. The van der Waals surface area contributed by atoms with E-state index in [0.29, 0.717) is 17.7 Å². The average molecular weight is 486 g/mol. The summed E-state index contributed by atoms with van der Waals surface area (Å²) >= 11 is 0. The van der Waals surface area contributed by atoms with E-state index in [0.717, 1.165) is 30.5 Å². The molecule has 0 amide bonds. The maximum Gasteiger partial charge on any atom is 0.416 e. The first kappa shape index (κ1) is 26.4. The molecule has 2 aromatic carbocycles. The summed E-state index contributed by atoms with van der Waals surface area (Å²) in [4.78, 5) is 0. The first-order valence-corrected chi connectivity index (χ1v) is 11.0. The molecule has 1 fully saturated rings. The van der Waals surface area contributed by atoms with Crippen LogP contribution in [0.2, 0.25) is 0 Å². The van der Waals surface area contributed by atoms with Crippen LogP contribution in [0.25, 0.3) is 0 Å². The quantitative estimate of drug-likeness (QED) is 0.382. The molecule has 2 aromatic rings. The van der Waals surface area contributed by atoms with Gasteiger partial charge in [-0.3, -0.25) is 0 Å². The Kier molecular flexibility index (Phi) is 9.29. The van der Waals surface area contributed by atoms with Gasteiger partial charge in [0.1, 0.15) is 36.8 Å². The number of hydrogen-bond donors (Lipinski definition) is 4. The molecule has 0 aromatic heterocycles. The van der Waals surface area contributed by atoms with Gasteiger partial charge in [-0.15, -0.1) is 0 Å². The normalized spacial score (nSPS) is 25.3. The van der Waals surface area contributed by atoms with E-state index >= 15 is 0 Å². The minimum Gasteiger partial charge on any atom is -0.489 e. The number of halogens is 3. The molecule has 5 atom stereocenters. The molecule has 0 aliphatic carbocycles. The van der Waals surface area contributed by atoms with Crippen LogP contribution in [0.5, 0.6) is 5.75 Å². The number of unbranched alkanes of at least 4 members (excludes halogenated alkanes) is 1. The van der Waals surface area contributed by atoms with Crippen molar-refractivity contribution in [3.05, 3.63) is 65.2 Å². The summed E-state index contributed by atoms with van der Waals surface area (Å²) in [6.45, 7) is -0.232. The summed E-state index contributed by atoms with van der Waals surface area (Å²) in [6, 6.07) is 12.3. The number of aliphatic hydroxyl groups excluding tert-OH is 4. The number of hydrogen-bond acceptors (Lipinski definition) is 7. The lowest BCUT2D eigenvalue weighted by Crippen LogP contribution is -2.59. The maximum absolute atomic E-state index is 12.8. The second-order valence-corrected chi connectivity index (χ2v) is 8.16. The molecule has 3 rings (SSSR count). The Morgan fingerprint density at radius 3 is 2.29 bits per heavy atom. The lowest BCUT2D eigenvalue weighted by atomic mass is 9.99. The summed E-state index contributed by atoms with van der Waals surface area (Å²) in [5.74, 6) is 0.548. The summed E-state index contributed by atoms with van der Waals surface area (Å²) in [7, 11) is 0. The first-order chi connectivity index (χ1) is 16.2. The number of benzene rings is 2. The average Bonchev–Trinajstić information content (AvgIpc) is 2.83. The molecule has 1 aliphatic heterocycles. The van der Waals surface area contributed by atoms with E-state index in [1.54, 1.807) is 18.2 Å². The largest absolute Gasteiger partial charge is 0.489 e. The summed E-state index contributed by atoms with van der Waals surface area (Å²) in [6.07, 6.45) is -8.68. The van der Waals surface area contributed by atoms with Crippen LogP contribution in [0, 0.1) is 0 Å². The third kappa shape index (κ3) is 7.14. The van der Waals surface area contributed by atoms with E-state index in [2.05, 4.69) is 0 Å². The van der Waals surface area contributed by atoms with Crippen molar-refractivity contribution in [1.82, 2.24) is 0 Å². The van der Waals surface area contributed by atoms with Crippen molar-refractivity contribution in [2.45, 2.75) is 62.8 Å². The van der Waals surface area contributed by atoms with E-state index in [9.17, 15) is 33.6 Å². The SMILES string of the molecule is OC[C@H]1O[C@@H](OCCCCc2ccc(OCc3cccc(C(F)(F)F)c3)cc2)[C@H](O)[C@@H](O)[C@@H]1O. The van der Waals surface area contributed by atoms with E-state index in [1.165, 1.54) is 6.07 Å². The molecule has 1 heterocycles. The van der Waals surface area contributed by atoms with Crippen molar-refractivity contribution in [2.24, 2.45) is 0 Å². The van der Waals surface area contributed by atoms with Gasteiger partial charge in [0.05, 0.1) is 12.2 Å². The monoisotopic (exact) mass is 486 g/mol. The standard InChI is InChI=1S/C24H29F3O7/c25-24(26,27)17-6-3-5-16(12-17)14-33-18-9-7-15(8-10-18)4-1-2-11-32-23-22(31)21(30)20(29)19(13-28)34-23/h3,5-10,12,19-23,28-31H,1-2,4,11,13-14H2/t19-,20-,21+,22-,23-/m1/s1. The van der Waals surface area contributed by atoms with Crippen molar-refractivity contribution >= 4 is 0 Å². The number of rotatable bonds is 10. The lowest BCUT2D eigenvalue weighted by Gasteiger charge is -2.39. The highest BCUT2D eigenvalue weighted by molar-refractivity contribution is 5.29. The second-order valence-electron chi connectivity index (χ2n) is 8.16. The fourth-order valence-electron chi connectivity index (χ4n) is 3.59. The Morgan fingerprint density at radius 1 is 0.882 bits per heavy atom. The molecular formula is C24H29F3O7. The van der Waals surface area contributed by atoms with Gasteiger partial charge >= 0.3 is 6.18 Å². The number of ether oxygens (including phenoxy) is 3. The number of alkyl halides is 3. The first-order valence-electron chi connectivity index (χ1n) is 11.0. The molecule has 7 nitrogen and oxygen atoms in total. The highest BCUT2D eigenvalue weighted by Gasteiger charge is 2.43. The molecule has 34 heavy (non-hydrogen) atoms. The molecule has 0 radical (unpaired) electrons. The van der Waals surface area contributed by atoms with Gasteiger partial charge in [-0.2, -0.15) is 13.2 Å². The van der Waals surface area contributed by atoms with Gasteiger partial charge < -0.3 is 34.6 Å². The van der Waals surface area contributed by atoms with Gasteiger partial charge in [0, 0.05) is 6.61 Å². The summed E-state index contributed by atoms with van der Waals surface area (Å²) < 4.78 is 54.7. The van der Waals surface area contributed by atoms with E-state index in [-0.39, 0.29) is 13.2 Å². The zero-order chi connectivity index (χ0) is 24.7. The Bertz CT molecular complexity index is 889. The Labute approximate surface area is 195 Å². The van der Waals surface area contributed by atoms with Crippen LogP contribution < -0.4 is 4.74 Å². The molecule has 1 saturated heterocycles. The van der Waals surface area contributed by atoms with Crippen molar-refractivity contribution in [3.8, 4) is 5.75 Å². The molecule has 0 spiro atoms. The summed E-state index contributed by atoms with van der Waals surface area (Å²) in [5, 5.41) is 38.7. The van der Waals surface area contributed by atoms with Crippen molar-refractivity contribution in [2.75, 3.05) is 13.2 Å². The zero-order valence-electron chi connectivity index (χ0n) is 18.4. The molecular weight excluding hydrogens is 457 g/mol. The van der Waals surface area contributed by atoms with Crippen molar-refractivity contribution < 1.29 is 47.8 Å². The highest BCUT2D eigenvalue weighted by atomic mass is 19.4. The number of aryl methyl sites for hydroxylation is 1. The van der Waals surface area contributed by atoms with Crippen LogP contribution in [0.4, 0.5) is 13.2 Å². The van der Waals surface area contributed by atoms with Gasteiger partial charge in [0.25, 0.3) is 0 Å². The van der Waals surface area contributed by atoms with Gasteiger partial charge in [0.2, 0.25) is 0 Å². The van der Waals surface area contributed by atoms with Crippen LogP contribution in [0.3, 0.4) is 0 Å². The molecule has 0 bridgehead atoms. The van der Waals surface area contributed by atoms with Crippen LogP contribution in [-0.4, -0.2) is 64.3 Å². The van der Waals surface area contributed by atoms with Gasteiger partial charge in [0.15, 0.2) is 6.29 Å². The lowest BCUT2D eigenvalue weighted by molar-refractivity contribution is -0.301. The van der Waals surface area contributed by atoms with Crippen molar-refractivity contribution in [1.29, 1.82) is 0 Å². The van der Waals surface area contributed by atoms with E-state index in [1.807, 2.05) is 12.1 Å². The van der Waals surface area contributed by atoms with Crippen LogP contribution >= 0.6 is 0 Å². The van der Waals surface area contributed by atoms with Crippen LogP contribution in [-0.2, 0) is 28.7 Å². The molecule has 188 valence electrons. The third-order valence-corrected chi connectivity index (χ3v) is 5.57. The topological polar surface area (TPSA) is 109 Å². The van der Waals surface area contributed by atoms with E-state index < -0.39 is 49.1 Å². The molecule has 10 heteroatoms. The minimum absolute atomic E-state index is 0.0263. The molecule has 0 saturated carbocycles. The van der Waals surface area contributed by atoms with E-state index in [4.69, 9.17) is 14.2 Å². The predicted octanol–water partition coefficient (Wildman–Crippen LogP) is 2.42. The van der Waals surface area contributed by atoms with Gasteiger partial charge in [-0.05, 0) is 54.7 Å². The number of aliphatic hydroxyl groups is 4. The van der Waals surface area contributed by atoms with Crippen LogP contribution in [0.1, 0.15) is 29.5 Å². The minimum atomic E-state index is -4.39. The fourth-order valence-corrected chi connectivity index (χ4v) is 3.59. The van der Waals surface area contributed by atoms with Gasteiger partial charge in [-0.25, -0.2) is 0 Å². The zero-order valence-corrected chi connectivity index (χ0v) is 18.4. The maximum atomic E-state index is 12.8. The summed E-state index contributed by atoms with van der Waals surface area (Å²) in [5.41, 5.74) is 0.761. The Balaban J connectivity index is 1.38. The van der Waals surface area contributed by atoms with Gasteiger partial charge in [-0.1, -0.05) is 24.3 Å². The second kappa shape index (κ2) is 12.0. The van der Waals surface area contributed by atoms with Crippen molar-refractivity contribution in [3.63, 3.8) is 0 Å². The Morgan fingerprint density at radius 2 is 1.62 bits per heavy atom. The smallest absolute Gasteiger partial charge is 0.416 e. The highest BCUT2D eigenvalue weighted by Crippen LogP contribution is 2.30.